The Bertz CT molecular complexity index is 365. The summed E-state index contributed by atoms with van der Waals surface area (Å²) in [6, 6.07) is 7.73. The van der Waals surface area contributed by atoms with E-state index in [2.05, 4.69) is 5.43 Å². The molecule has 4 N–H and O–H groups in total. The highest BCUT2D eigenvalue weighted by atomic mass is 16.4. The molecule has 0 saturated heterocycles. The van der Waals surface area contributed by atoms with Crippen LogP contribution in [0.5, 0.6) is 0 Å². The second kappa shape index (κ2) is 4.42. The number of nitrogens with two attached hydrogens (primary N) is 1. The average Bonchev–Trinajstić information content (AvgIpc) is 2.17. The fourth-order valence-electron chi connectivity index (χ4n) is 1.42. The van der Waals surface area contributed by atoms with E-state index in [9.17, 15) is 4.79 Å². The third-order valence-corrected chi connectivity index (χ3v) is 2.43. The minimum Gasteiger partial charge on any atom is -0.480 e. The summed E-state index contributed by atoms with van der Waals surface area (Å²) in [4.78, 5) is 11.0. The third kappa shape index (κ3) is 2.78. The van der Waals surface area contributed by atoms with Gasteiger partial charge >= 0.3 is 5.97 Å². The van der Waals surface area contributed by atoms with Crippen molar-refractivity contribution in [1.29, 1.82) is 0 Å². The predicted octanol–water partition coefficient (Wildman–Crippen LogP) is 0.844. The van der Waals surface area contributed by atoms with Crippen molar-refractivity contribution in [2.24, 2.45) is 5.84 Å². The summed E-state index contributed by atoms with van der Waals surface area (Å²) < 4.78 is 0. The zero-order valence-corrected chi connectivity index (χ0v) is 8.95. The van der Waals surface area contributed by atoms with Crippen LogP contribution < -0.4 is 11.3 Å². The van der Waals surface area contributed by atoms with Crippen molar-refractivity contribution >= 4 is 5.97 Å². The molecule has 0 aliphatic heterocycles. The van der Waals surface area contributed by atoms with Gasteiger partial charge in [-0.3, -0.25) is 10.6 Å². The van der Waals surface area contributed by atoms with E-state index in [1.807, 2.05) is 31.2 Å². The van der Waals surface area contributed by atoms with Gasteiger partial charge in [0.15, 0.2) is 0 Å². The average molecular weight is 208 g/mol. The Morgan fingerprint density at radius 3 is 2.73 bits per heavy atom. The number of aryl methyl sites for hydroxylation is 1. The fraction of sp³-hybridized carbons (Fsp3) is 0.364. The number of nitrogens with one attached hydrogen (secondary N) is 1. The maximum absolute atomic E-state index is 11.0. The molecule has 1 aromatic carbocycles. The highest BCUT2D eigenvalue weighted by molar-refractivity contribution is 5.78. The molecule has 0 spiro atoms. The van der Waals surface area contributed by atoms with Gasteiger partial charge in [0.25, 0.3) is 0 Å². The first-order valence-electron chi connectivity index (χ1n) is 4.74. The molecule has 0 heterocycles. The molecule has 0 fully saturated rings. The normalized spacial score (nSPS) is 14.6. The first kappa shape index (κ1) is 11.7. The van der Waals surface area contributed by atoms with Crippen LogP contribution in [0.15, 0.2) is 24.3 Å². The summed E-state index contributed by atoms with van der Waals surface area (Å²) in [5.74, 6) is 4.31. The molecule has 0 aliphatic rings. The molecule has 0 radical (unpaired) electrons. The van der Waals surface area contributed by atoms with E-state index in [4.69, 9.17) is 10.9 Å². The summed E-state index contributed by atoms with van der Waals surface area (Å²) in [5, 5.41) is 9.02. The van der Waals surface area contributed by atoms with Crippen LogP contribution in [-0.2, 0) is 11.2 Å². The van der Waals surface area contributed by atoms with Gasteiger partial charge in [0, 0.05) is 6.42 Å². The van der Waals surface area contributed by atoms with Gasteiger partial charge in [-0.1, -0.05) is 29.8 Å². The van der Waals surface area contributed by atoms with Gasteiger partial charge in [0.2, 0.25) is 0 Å². The van der Waals surface area contributed by atoms with E-state index in [-0.39, 0.29) is 0 Å². The van der Waals surface area contributed by atoms with Crippen LogP contribution in [0.3, 0.4) is 0 Å². The summed E-state index contributed by atoms with van der Waals surface area (Å²) in [5.41, 5.74) is 3.29. The highest BCUT2D eigenvalue weighted by Crippen LogP contribution is 2.14. The molecule has 15 heavy (non-hydrogen) atoms. The van der Waals surface area contributed by atoms with Crippen molar-refractivity contribution in [1.82, 2.24) is 5.43 Å². The molecule has 0 aliphatic carbocycles. The number of hydrazine groups is 1. The van der Waals surface area contributed by atoms with E-state index >= 15 is 0 Å². The predicted molar refractivity (Wildman–Crippen MR) is 58.2 cm³/mol. The minimum atomic E-state index is -1.12. The van der Waals surface area contributed by atoms with Crippen LogP contribution in [0, 0.1) is 6.92 Å². The molecule has 1 aromatic rings. The van der Waals surface area contributed by atoms with Crippen LogP contribution in [0.25, 0.3) is 0 Å². The monoisotopic (exact) mass is 208 g/mol. The number of aliphatic carboxylic acids is 1. The molecule has 4 nitrogen and oxygen atoms in total. The number of carboxylic acid groups (broad SMARTS) is 1. The van der Waals surface area contributed by atoms with E-state index in [1.165, 1.54) is 0 Å². The van der Waals surface area contributed by atoms with Crippen molar-refractivity contribution in [3.8, 4) is 0 Å². The lowest BCUT2D eigenvalue weighted by Crippen LogP contribution is -2.54. The van der Waals surface area contributed by atoms with E-state index in [0.29, 0.717) is 6.42 Å². The fourth-order valence-corrected chi connectivity index (χ4v) is 1.42. The third-order valence-electron chi connectivity index (χ3n) is 2.43. The van der Waals surface area contributed by atoms with Crippen LogP contribution in [0.2, 0.25) is 0 Å². The standard InChI is InChI=1S/C11H16N2O2/c1-8-4-3-5-9(6-8)7-11(2,13-12)10(14)15/h3-6,13H,7,12H2,1-2H3,(H,14,15). The van der Waals surface area contributed by atoms with Crippen molar-refractivity contribution in [2.75, 3.05) is 0 Å². The zero-order chi connectivity index (χ0) is 11.5. The van der Waals surface area contributed by atoms with Gasteiger partial charge in [-0.2, -0.15) is 0 Å². The second-order valence-corrected chi connectivity index (χ2v) is 3.95. The van der Waals surface area contributed by atoms with Crippen LogP contribution in [0.4, 0.5) is 0 Å². The van der Waals surface area contributed by atoms with Gasteiger partial charge in [-0.15, -0.1) is 0 Å². The lowest BCUT2D eigenvalue weighted by molar-refractivity contribution is -0.144. The summed E-state index contributed by atoms with van der Waals surface area (Å²) >= 11 is 0. The maximum atomic E-state index is 11.0. The Morgan fingerprint density at radius 1 is 1.60 bits per heavy atom. The quantitative estimate of drug-likeness (QED) is 0.506. The number of rotatable bonds is 4. The van der Waals surface area contributed by atoms with Crippen molar-refractivity contribution in [3.05, 3.63) is 35.4 Å². The smallest absolute Gasteiger partial charge is 0.325 e. The minimum absolute atomic E-state index is 0.362. The highest BCUT2D eigenvalue weighted by Gasteiger charge is 2.31. The van der Waals surface area contributed by atoms with E-state index < -0.39 is 11.5 Å². The molecule has 1 unspecified atom stereocenters. The Morgan fingerprint density at radius 2 is 2.27 bits per heavy atom. The maximum Gasteiger partial charge on any atom is 0.325 e. The molecule has 0 aromatic heterocycles. The molecule has 0 amide bonds. The SMILES string of the molecule is Cc1cccc(CC(C)(NN)C(=O)O)c1. The number of hydrogen-bond acceptors (Lipinski definition) is 3. The zero-order valence-electron chi connectivity index (χ0n) is 8.95. The van der Waals surface area contributed by atoms with Crippen molar-refractivity contribution < 1.29 is 9.90 Å². The number of hydrogen-bond donors (Lipinski definition) is 3. The molecule has 1 atom stereocenters. The second-order valence-electron chi connectivity index (χ2n) is 3.95. The number of benzene rings is 1. The Balaban J connectivity index is 2.89. The molecule has 0 saturated carbocycles. The largest absolute Gasteiger partial charge is 0.480 e. The van der Waals surface area contributed by atoms with Crippen molar-refractivity contribution in [3.63, 3.8) is 0 Å². The molecular weight excluding hydrogens is 192 g/mol. The van der Waals surface area contributed by atoms with Gasteiger partial charge in [0.1, 0.15) is 5.54 Å². The van der Waals surface area contributed by atoms with Gasteiger partial charge in [-0.25, -0.2) is 5.43 Å². The van der Waals surface area contributed by atoms with Crippen LogP contribution in [0.1, 0.15) is 18.1 Å². The summed E-state index contributed by atoms with van der Waals surface area (Å²) in [6.07, 6.45) is 0.362. The van der Waals surface area contributed by atoms with Gasteiger partial charge in [-0.05, 0) is 19.4 Å². The van der Waals surface area contributed by atoms with Crippen molar-refractivity contribution in [2.45, 2.75) is 25.8 Å². The number of carbonyl (C=O) groups is 1. The van der Waals surface area contributed by atoms with Gasteiger partial charge < -0.3 is 5.11 Å². The molecule has 1 rings (SSSR count). The Hall–Kier alpha value is -1.39. The Kier molecular flexibility index (Phi) is 3.44. The van der Waals surface area contributed by atoms with Gasteiger partial charge in [0.05, 0.1) is 0 Å². The summed E-state index contributed by atoms with van der Waals surface area (Å²) in [7, 11) is 0. The first-order chi connectivity index (χ1) is 6.98. The molecular formula is C11H16N2O2. The van der Waals surface area contributed by atoms with E-state index in [1.54, 1.807) is 6.92 Å². The Labute approximate surface area is 89.1 Å². The lowest BCUT2D eigenvalue weighted by atomic mass is 9.93. The van der Waals surface area contributed by atoms with E-state index in [0.717, 1.165) is 11.1 Å². The number of carboxylic acids is 1. The lowest BCUT2D eigenvalue weighted by Gasteiger charge is -2.23. The molecule has 82 valence electrons. The molecule has 0 bridgehead atoms. The van der Waals surface area contributed by atoms with Crippen LogP contribution in [-0.4, -0.2) is 16.6 Å². The first-order valence-corrected chi connectivity index (χ1v) is 4.74. The van der Waals surface area contributed by atoms with Crippen LogP contribution >= 0.6 is 0 Å². The summed E-state index contributed by atoms with van der Waals surface area (Å²) in [6.45, 7) is 3.54. The topological polar surface area (TPSA) is 75.3 Å². The molecule has 4 heteroatoms.